The Bertz CT molecular complexity index is 531. The number of aliphatic hydroxyl groups is 1. The summed E-state index contributed by atoms with van der Waals surface area (Å²) in [6, 6.07) is 16.1. The third kappa shape index (κ3) is 4.10. The van der Waals surface area contributed by atoms with Crippen molar-refractivity contribution in [3.63, 3.8) is 0 Å². The first kappa shape index (κ1) is 14.6. The molecule has 2 rings (SSSR count). The predicted octanol–water partition coefficient (Wildman–Crippen LogP) is 4.06. The van der Waals surface area contributed by atoms with Gasteiger partial charge in [-0.15, -0.1) is 0 Å². The first-order chi connectivity index (χ1) is 9.69. The summed E-state index contributed by atoms with van der Waals surface area (Å²) in [6.45, 7) is 4.71. The van der Waals surface area contributed by atoms with Gasteiger partial charge in [0.25, 0.3) is 0 Å². The van der Waals surface area contributed by atoms with Crippen LogP contribution in [0.3, 0.4) is 0 Å². The molecule has 2 aromatic carbocycles. The van der Waals surface area contributed by atoms with Crippen molar-refractivity contribution in [3.05, 3.63) is 65.2 Å². The maximum atomic E-state index is 10.2. The molecule has 2 nitrogen and oxygen atoms in total. The summed E-state index contributed by atoms with van der Waals surface area (Å²) >= 11 is 0. The highest BCUT2D eigenvalue weighted by atomic mass is 16.5. The van der Waals surface area contributed by atoms with Gasteiger partial charge >= 0.3 is 0 Å². The third-order valence-electron chi connectivity index (χ3n) is 3.36. The Morgan fingerprint density at radius 2 is 1.85 bits per heavy atom. The number of ether oxygens (including phenoxy) is 1. The van der Waals surface area contributed by atoms with Crippen molar-refractivity contribution in [1.82, 2.24) is 0 Å². The number of hydrogen-bond donors (Lipinski definition) is 1. The average molecular weight is 270 g/mol. The number of hydrogen-bond acceptors (Lipinski definition) is 2. The minimum absolute atomic E-state index is 0.425. The van der Waals surface area contributed by atoms with E-state index in [2.05, 4.69) is 31.2 Å². The topological polar surface area (TPSA) is 29.5 Å². The summed E-state index contributed by atoms with van der Waals surface area (Å²) in [4.78, 5) is 0. The van der Waals surface area contributed by atoms with Gasteiger partial charge in [-0.3, -0.25) is 0 Å². The Morgan fingerprint density at radius 3 is 2.50 bits per heavy atom. The standard InChI is InChI=1S/C18H22O2/c1-3-20-17-10-8-16(9-11-17)18(19)12-7-15-6-4-5-14(2)13-15/h4-6,8-11,13,18-19H,3,7,12H2,1-2H3. The van der Waals surface area contributed by atoms with Crippen LogP contribution < -0.4 is 4.74 Å². The lowest BCUT2D eigenvalue weighted by molar-refractivity contribution is 0.167. The highest BCUT2D eigenvalue weighted by Gasteiger charge is 2.08. The summed E-state index contributed by atoms with van der Waals surface area (Å²) in [5.41, 5.74) is 3.48. The van der Waals surface area contributed by atoms with E-state index >= 15 is 0 Å². The number of rotatable bonds is 6. The molecular weight excluding hydrogens is 248 g/mol. The minimum Gasteiger partial charge on any atom is -0.494 e. The molecule has 1 N–H and O–H groups in total. The van der Waals surface area contributed by atoms with E-state index in [1.165, 1.54) is 11.1 Å². The van der Waals surface area contributed by atoms with Crippen LogP contribution in [-0.4, -0.2) is 11.7 Å². The molecule has 0 saturated heterocycles. The van der Waals surface area contributed by atoms with Crippen molar-refractivity contribution in [2.24, 2.45) is 0 Å². The van der Waals surface area contributed by atoms with Gasteiger partial charge in [-0.1, -0.05) is 42.0 Å². The smallest absolute Gasteiger partial charge is 0.119 e. The number of aliphatic hydroxyl groups excluding tert-OH is 1. The van der Waals surface area contributed by atoms with Gasteiger partial charge in [0.05, 0.1) is 12.7 Å². The second kappa shape index (κ2) is 7.11. The summed E-state index contributed by atoms with van der Waals surface area (Å²) in [5, 5.41) is 10.2. The van der Waals surface area contributed by atoms with Crippen LogP contribution in [-0.2, 0) is 6.42 Å². The molecule has 0 bridgehead atoms. The summed E-state index contributed by atoms with van der Waals surface area (Å²) in [6.07, 6.45) is 1.19. The highest BCUT2D eigenvalue weighted by molar-refractivity contribution is 5.29. The summed E-state index contributed by atoms with van der Waals surface area (Å²) in [5.74, 6) is 0.849. The monoisotopic (exact) mass is 270 g/mol. The van der Waals surface area contributed by atoms with Crippen molar-refractivity contribution in [1.29, 1.82) is 0 Å². The Hall–Kier alpha value is -1.80. The lowest BCUT2D eigenvalue weighted by Crippen LogP contribution is -2.00. The van der Waals surface area contributed by atoms with Crippen LogP contribution in [0.25, 0.3) is 0 Å². The molecule has 1 atom stereocenters. The van der Waals surface area contributed by atoms with Gasteiger partial charge in [-0.05, 0) is 49.9 Å². The van der Waals surface area contributed by atoms with Crippen LogP contribution in [0, 0.1) is 6.92 Å². The molecule has 2 aromatic rings. The molecule has 0 spiro atoms. The average Bonchev–Trinajstić information content (AvgIpc) is 2.46. The third-order valence-corrected chi connectivity index (χ3v) is 3.36. The first-order valence-electron chi connectivity index (χ1n) is 7.15. The van der Waals surface area contributed by atoms with Gasteiger partial charge in [0.1, 0.15) is 5.75 Å². The van der Waals surface area contributed by atoms with Crippen LogP contribution in [0.1, 0.15) is 36.1 Å². The van der Waals surface area contributed by atoms with Gasteiger partial charge in [-0.2, -0.15) is 0 Å². The van der Waals surface area contributed by atoms with Crippen molar-refractivity contribution >= 4 is 0 Å². The zero-order valence-electron chi connectivity index (χ0n) is 12.2. The van der Waals surface area contributed by atoms with E-state index in [1.807, 2.05) is 31.2 Å². The quantitative estimate of drug-likeness (QED) is 0.857. The Morgan fingerprint density at radius 1 is 1.10 bits per heavy atom. The van der Waals surface area contributed by atoms with E-state index in [9.17, 15) is 5.11 Å². The van der Waals surface area contributed by atoms with Crippen molar-refractivity contribution in [2.45, 2.75) is 32.8 Å². The molecule has 0 aromatic heterocycles. The van der Waals surface area contributed by atoms with Crippen molar-refractivity contribution in [2.75, 3.05) is 6.61 Å². The molecule has 0 aliphatic carbocycles. The lowest BCUT2D eigenvalue weighted by atomic mass is 10.0. The zero-order chi connectivity index (χ0) is 14.4. The predicted molar refractivity (Wildman–Crippen MR) is 82.1 cm³/mol. The van der Waals surface area contributed by atoms with Crippen LogP contribution in [0.4, 0.5) is 0 Å². The van der Waals surface area contributed by atoms with Gasteiger partial charge < -0.3 is 9.84 Å². The molecule has 2 heteroatoms. The van der Waals surface area contributed by atoms with Gasteiger partial charge in [0.15, 0.2) is 0 Å². The van der Waals surface area contributed by atoms with E-state index in [0.717, 1.165) is 24.2 Å². The summed E-state index contributed by atoms with van der Waals surface area (Å²) in [7, 11) is 0. The van der Waals surface area contributed by atoms with Gasteiger partial charge in [-0.25, -0.2) is 0 Å². The normalized spacial score (nSPS) is 12.2. The maximum Gasteiger partial charge on any atom is 0.119 e. The molecular formula is C18H22O2. The molecule has 0 amide bonds. The van der Waals surface area contributed by atoms with Crippen LogP contribution in [0.5, 0.6) is 5.75 Å². The number of aryl methyl sites for hydroxylation is 2. The second-order valence-electron chi connectivity index (χ2n) is 5.05. The van der Waals surface area contributed by atoms with E-state index in [0.29, 0.717) is 6.61 Å². The minimum atomic E-state index is -0.425. The molecule has 1 unspecified atom stereocenters. The molecule has 0 aliphatic heterocycles. The van der Waals surface area contributed by atoms with Crippen LogP contribution >= 0.6 is 0 Å². The Labute approximate surface area is 121 Å². The van der Waals surface area contributed by atoms with Crippen molar-refractivity contribution < 1.29 is 9.84 Å². The zero-order valence-corrected chi connectivity index (χ0v) is 12.2. The lowest BCUT2D eigenvalue weighted by Gasteiger charge is -2.12. The van der Waals surface area contributed by atoms with Crippen molar-refractivity contribution in [3.8, 4) is 5.75 Å². The Balaban J connectivity index is 1.92. The molecule has 0 saturated carbocycles. The molecule has 0 aliphatic rings. The summed E-state index contributed by atoms with van der Waals surface area (Å²) < 4.78 is 5.40. The molecule has 106 valence electrons. The molecule has 0 radical (unpaired) electrons. The molecule has 0 fully saturated rings. The fourth-order valence-electron chi connectivity index (χ4n) is 2.29. The first-order valence-corrected chi connectivity index (χ1v) is 7.15. The van der Waals surface area contributed by atoms with E-state index in [-0.39, 0.29) is 0 Å². The highest BCUT2D eigenvalue weighted by Crippen LogP contribution is 2.22. The molecule has 20 heavy (non-hydrogen) atoms. The van der Waals surface area contributed by atoms with Gasteiger partial charge in [0.2, 0.25) is 0 Å². The number of benzene rings is 2. The fourth-order valence-corrected chi connectivity index (χ4v) is 2.29. The van der Waals surface area contributed by atoms with E-state index in [1.54, 1.807) is 0 Å². The fraction of sp³-hybridized carbons (Fsp3) is 0.333. The molecule has 0 heterocycles. The van der Waals surface area contributed by atoms with Crippen LogP contribution in [0.15, 0.2) is 48.5 Å². The van der Waals surface area contributed by atoms with E-state index < -0.39 is 6.10 Å². The maximum absolute atomic E-state index is 10.2. The van der Waals surface area contributed by atoms with Crippen LogP contribution in [0.2, 0.25) is 0 Å². The van der Waals surface area contributed by atoms with Gasteiger partial charge in [0, 0.05) is 0 Å². The second-order valence-corrected chi connectivity index (χ2v) is 5.05. The Kier molecular flexibility index (Phi) is 5.19. The van der Waals surface area contributed by atoms with E-state index in [4.69, 9.17) is 4.74 Å². The largest absolute Gasteiger partial charge is 0.494 e. The SMILES string of the molecule is CCOc1ccc(C(O)CCc2cccc(C)c2)cc1.